The topological polar surface area (TPSA) is 12.0 Å². The lowest BCUT2D eigenvalue weighted by Crippen LogP contribution is -2.38. The van der Waals surface area contributed by atoms with Crippen LogP contribution in [-0.2, 0) is 0 Å². The van der Waals surface area contributed by atoms with Crippen molar-refractivity contribution in [2.75, 3.05) is 7.05 Å². The standard InChI is InChI=1S/C16H31N/c1-12-8-9-15(10-13(12)2)16(17-3)11-14-6-4-5-7-14/h12-17H,4-11H2,1-3H3. The number of nitrogens with one attached hydrogen (secondary N) is 1. The minimum atomic E-state index is 0.799. The van der Waals surface area contributed by atoms with Crippen molar-refractivity contribution >= 4 is 0 Å². The van der Waals surface area contributed by atoms with Gasteiger partial charge in [0.15, 0.2) is 0 Å². The Morgan fingerprint density at radius 1 is 1.00 bits per heavy atom. The van der Waals surface area contributed by atoms with Gasteiger partial charge in [-0.2, -0.15) is 0 Å². The molecule has 0 aliphatic heterocycles. The maximum Gasteiger partial charge on any atom is 0.00950 e. The second kappa shape index (κ2) is 6.22. The highest BCUT2D eigenvalue weighted by molar-refractivity contribution is 4.85. The molecule has 2 aliphatic carbocycles. The molecule has 4 unspecified atom stereocenters. The van der Waals surface area contributed by atoms with Gasteiger partial charge in [-0.25, -0.2) is 0 Å². The lowest BCUT2D eigenvalue weighted by Gasteiger charge is -2.37. The van der Waals surface area contributed by atoms with E-state index in [0.717, 1.165) is 29.7 Å². The smallest absolute Gasteiger partial charge is 0.00950 e. The molecule has 100 valence electrons. The molecule has 2 fully saturated rings. The Balaban J connectivity index is 1.84. The number of hydrogen-bond acceptors (Lipinski definition) is 1. The largest absolute Gasteiger partial charge is 0.317 e. The molecule has 0 heterocycles. The monoisotopic (exact) mass is 237 g/mol. The molecule has 0 aromatic carbocycles. The summed E-state index contributed by atoms with van der Waals surface area (Å²) in [5.41, 5.74) is 0. The Morgan fingerprint density at radius 3 is 2.29 bits per heavy atom. The van der Waals surface area contributed by atoms with E-state index >= 15 is 0 Å². The zero-order valence-corrected chi connectivity index (χ0v) is 12.0. The summed E-state index contributed by atoms with van der Waals surface area (Å²) in [6.45, 7) is 4.89. The second-order valence-electron chi connectivity index (χ2n) is 6.81. The van der Waals surface area contributed by atoms with E-state index in [4.69, 9.17) is 0 Å². The van der Waals surface area contributed by atoms with E-state index in [1.165, 1.54) is 51.4 Å². The summed E-state index contributed by atoms with van der Waals surface area (Å²) >= 11 is 0. The van der Waals surface area contributed by atoms with Crippen molar-refractivity contribution in [2.45, 2.75) is 71.3 Å². The van der Waals surface area contributed by atoms with Crippen LogP contribution in [0.4, 0.5) is 0 Å². The first-order valence-electron chi connectivity index (χ1n) is 7.88. The van der Waals surface area contributed by atoms with Gasteiger partial charge in [-0.1, -0.05) is 46.0 Å². The number of hydrogen-bond donors (Lipinski definition) is 1. The molecule has 17 heavy (non-hydrogen) atoms. The highest BCUT2D eigenvalue weighted by Gasteiger charge is 2.31. The van der Waals surface area contributed by atoms with Crippen molar-refractivity contribution in [2.24, 2.45) is 23.7 Å². The molecule has 0 bridgehead atoms. The van der Waals surface area contributed by atoms with E-state index in [0.29, 0.717) is 0 Å². The lowest BCUT2D eigenvalue weighted by atomic mass is 9.72. The Kier molecular flexibility index (Phi) is 4.90. The molecule has 0 aromatic heterocycles. The van der Waals surface area contributed by atoms with Crippen molar-refractivity contribution in [3.63, 3.8) is 0 Å². The summed E-state index contributed by atoms with van der Waals surface area (Å²) < 4.78 is 0. The zero-order chi connectivity index (χ0) is 12.3. The Labute approximate surface area is 108 Å². The van der Waals surface area contributed by atoms with Crippen molar-refractivity contribution in [3.05, 3.63) is 0 Å². The SMILES string of the molecule is CNC(CC1CCCC1)C1CCC(C)C(C)C1. The fourth-order valence-electron chi connectivity index (χ4n) is 4.11. The minimum absolute atomic E-state index is 0.799. The van der Waals surface area contributed by atoms with E-state index in [9.17, 15) is 0 Å². The molecule has 2 aliphatic rings. The van der Waals surface area contributed by atoms with Gasteiger partial charge in [-0.3, -0.25) is 0 Å². The fourth-order valence-corrected chi connectivity index (χ4v) is 4.11. The van der Waals surface area contributed by atoms with Gasteiger partial charge in [0.05, 0.1) is 0 Å². The van der Waals surface area contributed by atoms with Crippen LogP contribution in [0.2, 0.25) is 0 Å². The second-order valence-corrected chi connectivity index (χ2v) is 6.81. The van der Waals surface area contributed by atoms with Gasteiger partial charge in [-0.05, 0) is 50.0 Å². The van der Waals surface area contributed by atoms with E-state index in [1.807, 2.05) is 0 Å². The predicted molar refractivity (Wildman–Crippen MR) is 75.1 cm³/mol. The van der Waals surface area contributed by atoms with E-state index < -0.39 is 0 Å². The highest BCUT2D eigenvalue weighted by Crippen LogP contribution is 2.38. The van der Waals surface area contributed by atoms with Crippen LogP contribution in [0.1, 0.15) is 65.2 Å². The van der Waals surface area contributed by atoms with Gasteiger partial charge < -0.3 is 5.32 Å². The number of rotatable bonds is 4. The summed E-state index contributed by atoms with van der Waals surface area (Å²) in [7, 11) is 2.18. The Bertz CT molecular complexity index is 220. The third-order valence-electron chi connectivity index (χ3n) is 5.64. The first-order valence-corrected chi connectivity index (χ1v) is 7.88. The first-order chi connectivity index (χ1) is 8.20. The van der Waals surface area contributed by atoms with Crippen molar-refractivity contribution in [1.82, 2.24) is 5.32 Å². The summed E-state index contributed by atoms with van der Waals surface area (Å²) in [6.07, 6.45) is 11.8. The molecule has 1 nitrogen and oxygen atoms in total. The van der Waals surface area contributed by atoms with Crippen LogP contribution < -0.4 is 5.32 Å². The highest BCUT2D eigenvalue weighted by atomic mass is 14.9. The van der Waals surface area contributed by atoms with Crippen LogP contribution >= 0.6 is 0 Å². The normalized spacial score (nSPS) is 37.2. The Hall–Kier alpha value is -0.0400. The maximum absolute atomic E-state index is 3.63. The Morgan fingerprint density at radius 2 is 1.71 bits per heavy atom. The molecular formula is C16H31N. The maximum atomic E-state index is 3.63. The average molecular weight is 237 g/mol. The van der Waals surface area contributed by atoms with Crippen molar-refractivity contribution < 1.29 is 0 Å². The van der Waals surface area contributed by atoms with Gasteiger partial charge in [0.2, 0.25) is 0 Å². The van der Waals surface area contributed by atoms with E-state index in [1.54, 1.807) is 0 Å². The minimum Gasteiger partial charge on any atom is -0.317 e. The van der Waals surface area contributed by atoms with Gasteiger partial charge >= 0.3 is 0 Å². The molecular weight excluding hydrogens is 206 g/mol. The van der Waals surface area contributed by atoms with Crippen LogP contribution in [0.15, 0.2) is 0 Å². The van der Waals surface area contributed by atoms with Crippen LogP contribution in [-0.4, -0.2) is 13.1 Å². The lowest BCUT2D eigenvalue weighted by molar-refractivity contribution is 0.161. The first kappa shape index (κ1) is 13.4. The molecule has 2 rings (SSSR count). The predicted octanol–water partition coefficient (Wildman–Crippen LogP) is 4.23. The van der Waals surface area contributed by atoms with Gasteiger partial charge in [0, 0.05) is 6.04 Å². The van der Waals surface area contributed by atoms with Crippen LogP contribution in [0.25, 0.3) is 0 Å². The molecule has 4 atom stereocenters. The van der Waals surface area contributed by atoms with Gasteiger partial charge in [0.1, 0.15) is 0 Å². The summed E-state index contributed by atoms with van der Waals surface area (Å²) in [6, 6.07) is 0.799. The van der Waals surface area contributed by atoms with Crippen molar-refractivity contribution in [1.29, 1.82) is 0 Å². The van der Waals surface area contributed by atoms with Gasteiger partial charge in [-0.15, -0.1) is 0 Å². The van der Waals surface area contributed by atoms with Crippen LogP contribution in [0.3, 0.4) is 0 Å². The molecule has 0 aromatic rings. The molecule has 0 amide bonds. The third kappa shape index (κ3) is 3.47. The summed E-state index contributed by atoms with van der Waals surface area (Å²) in [5.74, 6) is 3.87. The fraction of sp³-hybridized carbons (Fsp3) is 1.00. The molecule has 1 heteroatoms. The third-order valence-corrected chi connectivity index (χ3v) is 5.64. The summed E-state index contributed by atoms with van der Waals surface area (Å²) in [4.78, 5) is 0. The van der Waals surface area contributed by atoms with E-state index in [2.05, 4.69) is 26.2 Å². The quantitative estimate of drug-likeness (QED) is 0.771. The average Bonchev–Trinajstić information content (AvgIpc) is 2.82. The molecule has 0 spiro atoms. The zero-order valence-electron chi connectivity index (χ0n) is 12.0. The van der Waals surface area contributed by atoms with Crippen LogP contribution in [0, 0.1) is 23.7 Å². The molecule has 0 radical (unpaired) electrons. The van der Waals surface area contributed by atoms with Gasteiger partial charge in [0.25, 0.3) is 0 Å². The summed E-state index contributed by atoms with van der Waals surface area (Å²) in [5, 5.41) is 3.63. The molecule has 1 N–H and O–H groups in total. The van der Waals surface area contributed by atoms with Crippen LogP contribution in [0.5, 0.6) is 0 Å². The molecule has 2 saturated carbocycles. The molecule has 0 saturated heterocycles. The van der Waals surface area contributed by atoms with E-state index in [-0.39, 0.29) is 0 Å². The van der Waals surface area contributed by atoms with Crippen molar-refractivity contribution in [3.8, 4) is 0 Å².